The van der Waals surface area contributed by atoms with Gasteiger partial charge in [0.25, 0.3) is 0 Å². The van der Waals surface area contributed by atoms with Crippen molar-refractivity contribution >= 4 is 0 Å². The lowest BCUT2D eigenvalue weighted by Gasteiger charge is -2.17. The van der Waals surface area contributed by atoms with Crippen LogP contribution >= 0.6 is 0 Å². The average molecular weight is 326 g/mol. The van der Waals surface area contributed by atoms with Crippen LogP contribution in [-0.4, -0.2) is 31.0 Å². The van der Waals surface area contributed by atoms with Crippen molar-refractivity contribution in [2.45, 2.75) is 67.5 Å². The topological polar surface area (TPSA) is 27.3 Å². The highest BCUT2D eigenvalue weighted by Gasteiger charge is 2.11. The fourth-order valence-electron chi connectivity index (χ4n) is 2.16. The Morgan fingerprint density at radius 3 is 2.00 bits per heavy atom. The molecule has 0 saturated heterocycles. The third-order valence-electron chi connectivity index (χ3n) is 3.23. The third kappa shape index (κ3) is 11.3. The van der Waals surface area contributed by atoms with Gasteiger partial charge in [-0.25, -0.2) is 9.13 Å². The van der Waals surface area contributed by atoms with E-state index in [1.54, 1.807) is 0 Å². The summed E-state index contributed by atoms with van der Waals surface area (Å²) in [4.78, 5) is 0. The predicted molar refractivity (Wildman–Crippen MR) is 94.4 cm³/mol. The molecule has 1 rings (SSSR count). The second-order valence-electron chi connectivity index (χ2n) is 8.82. The maximum Gasteiger partial charge on any atom is 0.243 e. The number of imidazole rings is 1. The Labute approximate surface area is 142 Å². The molecule has 0 fully saturated rings. The molecular formula is C19H37N2O2+. The minimum Gasteiger partial charge on any atom is -0.381 e. The second-order valence-corrected chi connectivity index (χ2v) is 8.82. The van der Waals surface area contributed by atoms with E-state index in [-0.39, 0.29) is 10.8 Å². The van der Waals surface area contributed by atoms with E-state index in [1.165, 1.54) is 0 Å². The first kappa shape index (κ1) is 20.2. The Bertz CT molecular complexity index is 389. The first-order chi connectivity index (χ1) is 10.7. The summed E-state index contributed by atoms with van der Waals surface area (Å²) in [5.41, 5.74) is 0.511. The number of rotatable bonds is 10. The molecule has 134 valence electrons. The SMILES string of the molecule is CC(C)(C)COCCCn1cc[n+](CCCOCC(C)(C)C)c1. The largest absolute Gasteiger partial charge is 0.381 e. The molecule has 23 heavy (non-hydrogen) atoms. The summed E-state index contributed by atoms with van der Waals surface area (Å²) in [5.74, 6) is 0. The smallest absolute Gasteiger partial charge is 0.243 e. The van der Waals surface area contributed by atoms with E-state index in [1.807, 2.05) is 0 Å². The second kappa shape index (κ2) is 9.43. The van der Waals surface area contributed by atoms with Crippen LogP contribution in [0.1, 0.15) is 54.4 Å². The van der Waals surface area contributed by atoms with Crippen molar-refractivity contribution in [1.82, 2.24) is 4.57 Å². The highest BCUT2D eigenvalue weighted by atomic mass is 16.5. The van der Waals surface area contributed by atoms with Gasteiger partial charge in [0.05, 0.1) is 39.5 Å². The number of aromatic nitrogens is 2. The Morgan fingerprint density at radius 2 is 1.43 bits per heavy atom. The van der Waals surface area contributed by atoms with E-state index in [0.29, 0.717) is 0 Å². The molecule has 0 amide bonds. The van der Waals surface area contributed by atoms with Crippen LogP contribution in [0, 0.1) is 10.8 Å². The number of ether oxygens (including phenoxy) is 2. The molecule has 0 aliphatic heterocycles. The molecular weight excluding hydrogens is 288 g/mol. The maximum atomic E-state index is 5.71. The van der Waals surface area contributed by atoms with Gasteiger partial charge in [0.15, 0.2) is 0 Å². The lowest BCUT2D eigenvalue weighted by Crippen LogP contribution is -2.32. The highest BCUT2D eigenvalue weighted by Crippen LogP contribution is 2.13. The van der Waals surface area contributed by atoms with Gasteiger partial charge in [-0.05, 0) is 10.8 Å². The summed E-state index contributed by atoms with van der Waals surface area (Å²) in [6.07, 6.45) is 8.56. The summed E-state index contributed by atoms with van der Waals surface area (Å²) in [6, 6.07) is 0. The van der Waals surface area contributed by atoms with E-state index >= 15 is 0 Å². The van der Waals surface area contributed by atoms with Crippen LogP contribution in [0.25, 0.3) is 0 Å². The van der Waals surface area contributed by atoms with E-state index < -0.39 is 0 Å². The van der Waals surface area contributed by atoms with Crippen LogP contribution in [0.15, 0.2) is 18.7 Å². The average Bonchev–Trinajstić information content (AvgIpc) is 2.83. The van der Waals surface area contributed by atoms with Crippen molar-refractivity contribution in [2.75, 3.05) is 26.4 Å². The minimum atomic E-state index is 0.255. The van der Waals surface area contributed by atoms with Gasteiger partial charge in [-0.15, -0.1) is 0 Å². The number of hydrogen-bond acceptors (Lipinski definition) is 2. The molecule has 0 spiro atoms. The summed E-state index contributed by atoms with van der Waals surface area (Å²) in [6.45, 7) is 18.5. The normalized spacial score (nSPS) is 12.8. The molecule has 0 radical (unpaired) electrons. The van der Waals surface area contributed by atoms with Crippen LogP contribution in [0.3, 0.4) is 0 Å². The van der Waals surface area contributed by atoms with Crippen molar-refractivity contribution in [3.05, 3.63) is 18.7 Å². The van der Waals surface area contributed by atoms with Gasteiger partial charge >= 0.3 is 0 Å². The van der Waals surface area contributed by atoms with Crippen molar-refractivity contribution < 1.29 is 14.0 Å². The van der Waals surface area contributed by atoms with Crippen LogP contribution in [0.2, 0.25) is 0 Å². The van der Waals surface area contributed by atoms with Gasteiger partial charge in [-0.3, -0.25) is 0 Å². The summed E-state index contributed by atoms with van der Waals surface area (Å²) in [5, 5.41) is 0. The van der Waals surface area contributed by atoms with E-state index in [0.717, 1.165) is 52.4 Å². The number of hydrogen-bond donors (Lipinski definition) is 0. The predicted octanol–water partition coefficient (Wildman–Crippen LogP) is 3.68. The lowest BCUT2D eigenvalue weighted by molar-refractivity contribution is -0.697. The van der Waals surface area contributed by atoms with Crippen molar-refractivity contribution in [3.63, 3.8) is 0 Å². The van der Waals surface area contributed by atoms with Gasteiger partial charge in [0.2, 0.25) is 6.33 Å². The summed E-state index contributed by atoms with van der Waals surface area (Å²) in [7, 11) is 0. The van der Waals surface area contributed by atoms with Crippen LogP contribution in [-0.2, 0) is 22.6 Å². The molecule has 1 aromatic rings. The third-order valence-corrected chi connectivity index (χ3v) is 3.23. The number of nitrogens with zero attached hydrogens (tertiary/aromatic N) is 2. The fraction of sp³-hybridized carbons (Fsp3) is 0.842. The Hall–Kier alpha value is -0.870. The summed E-state index contributed by atoms with van der Waals surface area (Å²) < 4.78 is 15.9. The van der Waals surface area contributed by atoms with Crippen molar-refractivity contribution in [2.24, 2.45) is 10.8 Å². The molecule has 0 unspecified atom stereocenters. The molecule has 0 bridgehead atoms. The van der Waals surface area contributed by atoms with Crippen LogP contribution in [0.4, 0.5) is 0 Å². The fourth-order valence-corrected chi connectivity index (χ4v) is 2.16. The van der Waals surface area contributed by atoms with Gasteiger partial charge in [0, 0.05) is 12.8 Å². The molecule has 0 aliphatic rings. The molecule has 0 N–H and O–H groups in total. The van der Waals surface area contributed by atoms with Crippen molar-refractivity contribution in [3.8, 4) is 0 Å². The quantitative estimate of drug-likeness (QED) is 0.485. The first-order valence-electron chi connectivity index (χ1n) is 8.86. The van der Waals surface area contributed by atoms with E-state index in [9.17, 15) is 0 Å². The first-order valence-corrected chi connectivity index (χ1v) is 8.86. The Kier molecular flexibility index (Phi) is 8.27. The summed E-state index contributed by atoms with van der Waals surface area (Å²) >= 11 is 0. The standard InChI is InChI=1S/C19H37N2O2/c1-18(2,3)15-22-13-7-9-20-11-12-21(17-20)10-8-14-23-16-19(4,5)6/h11-12,17H,7-10,13-16H2,1-6H3/q+1. The zero-order valence-electron chi connectivity index (χ0n) is 16.1. The lowest BCUT2D eigenvalue weighted by atomic mass is 9.99. The maximum absolute atomic E-state index is 5.71. The molecule has 4 nitrogen and oxygen atoms in total. The zero-order chi connectivity index (χ0) is 17.3. The van der Waals surface area contributed by atoms with Gasteiger partial charge in [-0.2, -0.15) is 0 Å². The van der Waals surface area contributed by atoms with E-state index in [2.05, 4.69) is 69.4 Å². The molecule has 1 heterocycles. The monoisotopic (exact) mass is 325 g/mol. The molecule has 0 saturated carbocycles. The molecule has 1 aromatic heterocycles. The Balaban J connectivity index is 2.10. The van der Waals surface area contributed by atoms with Crippen LogP contribution < -0.4 is 4.57 Å². The van der Waals surface area contributed by atoms with Gasteiger partial charge in [0.1, 0.15) is 12.4 Å². The molecule has 0 atom stereocenters. The minimum absolute atomic E-state index is 0.255. The molecule has 0 aromatic carbocycles. The number of aryl methyl sites for hydroxylation is 2. The van der Waals surface area contributed by atoms with Gasteiger partial charge < -0.3 is 9.47 Å². The van der Waals surface area contributed by atoms with Crippen molar-refractivity contribution in [1.29, 1.82) is 0 Å². The highest BCUT2D eigenvalue weighted by molar-refractivity contribution is 4.66. The molecule has 4 heteroatoms. The van der Waals surface area contributed by atoms with E-state index in [4.69, 9.17) is 9.47 Å². The van der Waals surface area contributed by atoms with Gasteiger partial charge in [-0.1, -0.05) is 41.5 Å². The Morgan fingerprint density at radius 1 is 0.870 bits per heavy atom. The van der Waals surface area contributed by atoms with Crippen LogP contribution in [0.5, 0.6) is 0 Å². The zero-order valence-corrected chi connectivity index (χ0v) is 16.1. The molecule has 0 aliphatic carbocycles.